The molecule has 54 heavy (non-hydrogen) atoms. The van der Waals surface area contributed by atoms with Crippen molar-refractivity contribution in [2.45, 2.75) is 77.0 Å². The highest BCUT2D eigenvalue weighted by Gasteiger charge is 2.10. The van der Waals surface area contributed by atoms with Gasteiger partial charge in [-0.2, -0.15) is 0 Å². The van der Waals surface area contributed by atoms with Gasteiger partial charge < -0.3 is 10.0 Å². The van der Waals surface area contributed by atoms with Crippen molar-refractivity contribution in [3.63, 3.8) is 0 Å². The second-order valence-corrected chi connectivity index (χ2v) is 16.4. The molecule has 2 nitrogen and oxygen atoms in total. The predicted molar refractivity (Wildman–Crippen MR) is 247 cm³/mol. The van der Waals surface area contributed by atoms with Crippen LogP contribution >= 0.6 is 54.5 Å². The molecule has 0 aromatic heterocycles. The number of unbranched alkanes of at least 4 members (excludes halogenated alkanes) is 6. The summed E-state index contributed by atoms with van der Waals surface area (Å²) in [5, 5.41) is 18.3. The topological polar surface area (TPSA) is 40.5 Å². The van der Waals surface area contributed by atoms with E-state index in [9.17, 15) is 0 Å². The first-order valence-corrected chi connectivity index (χ1v) is 21.8. The maximum Gasteiger partial charge on any atom is 0.488 e. The fourth-order valence-corrected chi connectivity index (χ4v) is 7.44. The lowest BCUT2D eigenvalue weighted by Gasteiger charge is -2.08. The third kappa shape index (κ3) is 17.2. The van der Waals surface area contributed by atoms with Gasteiger partial charge in [-0.05, 0) is 147 Å². The Kier molecular flexibility index (Phi) is 21.0. The van der Waals surface area contributed by atoms with Gasteiger partial charge >= 0.3 is 7.12 Å². The number of hydrogen-bond donors (Lipinski definition) is 2. The summed E-state index contributed by atoms with van der Waals surface area (Å²) >= 11 is 9.32. The van der Waals surface area contributed by atoms with Crippen LogP contribution in [-0.4, -0.2) is 17.2 Å². The lowest BCUT2D eigenvalue weighted by atomic mass is 9.79. The van der Waals surface area contributed by atoms with E-state index in [0.29, 0.717) is 5.46 Å². The zero-order chi connectivity index (χ0) is 38.2. The zero-order valence-corrected chi connectivity index (χ0v) is 36.4. The van der Waals surface area contributed by atoms with Crippen LogP contribution in [0.15, 0.2) is 167 Å². The molecular weight excluding hydrogens is 906 g/mol. The summed E-state index contributed by atoms with van der Waals surface area (Å²) in [7, 11) is -1.36. The van der Waals surface area contributed by atoms with Gasteiger partial charge in [0.1, 0.15) is 0 Å². The van der Waals surface area contributed by atoms with E-state index in [4.69, 9.17) is 10.0 Å². The smallest absolute Gasteiger partial charge is 0.423 e. The molecule has 0 radical (unpaired) electrons. The number of halogens is 3. The SMILES string of the molecule is Brc1ccccc1-c1cccc(CCCCCCc2ccccc2)c1.Brc1ccccc1I.OB(O)c1cccc(CCCCCCc2ccccc2)c1. The molecule has 0 aliphatic heterocycles. The van der Waals surface area contributed by atoms with Gasteiger partial charge in [0.2, 0.25) is 0 Å². The van der Waals surface area contributed by atoms with Gasteiger partial charge in [-0.1, -0.05) is 181 Å². The molecule has 6 heteroatoms. The monoisotopic (exact) mass is 956 g/mol. The number of aryl methyl sites for hydroxylation is 4. The van der Waals surface area contributed by atoms with Gasteiger partial charge in [0.15, 0.2) is 0 Å². The Morgan fingerprint density at radius 1 is 0.407 bits per heavy atom. The largest absolute Gasteiger partial charge is 0.488 e. The average molecular weight is 958 g/mol. The Labute approximate surface area is 355 Å². The molecule has 0 saturated carbocycles. The van der Waals surface area contributed by atoms with Crippen molar-refractivity contribution in [3.05, 3.63) is 192 Å². The second-order valence-electron chi connectivity index (χ2n) is 13.5. The van der Waals surface area contributed by atoms with Crippen LogP contribution in [0.4, 0.5) is 0 Å². The quantitative estimate of drug-likeness (QED) is 0.0576. The van der Waals surface area contributed by atoms with Crippen LogP contribution in [0.2, 0.25) is 0 Å². The highest BCUT2D eigenvalue weighted by molar-refractivity contribution is 14.1. The summed E-state index contributed by atoms with van der Waals surface area (Å²) in [5.74, 6) is 0. The third-order valence-corrected chi connectivity index (χ3v) is 12.3. The Bertz CT molecular complexity index is 1880. The molecule has 0 unspecified atom stereocenters. The van der Waals surface area contributed by atoms with Crippen LogP contribution in [0, 0.1) is 3.57 Å². The molecule has 6 rings (SSSR count). The second kappa shape index (κ2) is 26.0. The Balaban J connectivity index is 0.000000202. The van der Waals surface area contributed by atoms with Gasteiger partial charge in [-0.25, -0.2) is 0 Å². The predicted octanol–water partition coefficient (Wildman–Crippen LogP) is 13.2. The Hall–Kier alpha value is -3.01. The minimum atomic E-state index is -1.36. The molecule has 0 saturated heterocycles. The van der Waals surface area contributed by atoms with Crippen molar-refractivity contribution in [2.75, 3.05) is 0 Å². The van der Waals surface area contributed by atoms with E-state index >= 15 is 0 Å². The molecule has 0 amide bonds. The van der Waals surface area contributed by atoms with Gasteiger partial charge in [0.05, 0.1) is 0 Å². The van der Waals surface area contributed by atoms with Gasteiger partial charge in [-0.15, -0.1) is 0 Å². The first-order chi connectivity index (χ1) is 26.4. The number of benzene rings is 6. The van der Waals surface area contributed by atoms with Crippen molar-refractivity contribution in [3.8, 4) is 11.1 Å². The van der Waals surface area contributed by atoms with E-state index in [1.165, 1.54) is 99.2 Å². The fraction of sp³-hybridized carbons (Fsp3) is 0.250. The molecule has 0 aliphatic rings. The van der Waals surface area contributed by atoms with E-state index in [1.807, 2.05) is 30.3 Å². The summed E-state index contributed by atoms with van der Waals surface area (Å²) in [5.41, 5.74) is 8.66. The highest BCUT2D eigenvalue weighted by Crippen LogP contribution is 2.29. The molecule has 2 N–H and O–H groups in total. The molecule has 0 spiro atoms. The summed E-state index contributed by atoms with van der Waals surface area (Å²) in [6.07, 6.45) is 14.6. The first kappa shape index (κ1) is 43.7. The third-order valence-electron chi connectivity index (χ3n) is 9.23. The van der Waals surface area contributed by atoms with Crippen molar-refractivity contribution >= 4 is 67.0 Å². The van der Waals surface area contributed by atoms with Crippen molar-refractivity contribution in [1.29, 1.82) is 0 Å². The van der Waals surface area contributed by atoms with Crippen LogP contribution in [-0.2, 0) is 25.7 Å². The summed E-state index contributed by atoms with van der Waals surface area (Å²) in [6, 6.07) is 54.5. The van der Waals surface area contributed by atoms with Crippen LogP contribution in [0.1, 0.15) is 73.6 Å². The minimum Gasteiger partial charge on any atom is -0.423 e. The van der Waals surface area contributed by atoms with Crippen LogP contribution < -0.4 is 5.46 Å². The minimum absolute atomic E-state index is 0.580. The van der Waals surface area contributed by atoms with Gasteiger partial charge in [0.25, 0.3) is 0 Å². The molecule has 0 heterocycles. The van der Waals surface area contributed by atoms with E-state index in [-0.39, 0.29) is 0 Å². The summed E-state index contributed by atoms with van der Waals surface area (Å²) < 4.78 is 3.58. The summed E-state index contributed by atoms with van der Waals surface area (Å²) in [4.78, 5) is 0. The molecule has 6 aromatic carbocycles. The van der Waals surface area contributed by atoms with Crippen LogP contribution in [0.25, 0.3) is 11.1 Å². The van der Waals surface area contributed by atoms with E-state index in [2.05, 4.69) is 176 Å². The molecule has 280 valence electrons. The molecular formula is C48H52BBr2IO2. The van der Waals surface area contributed by atoms with E-state index < -0.39 is 7.12 Å². The number of rotatable bonds is 16. The van der Waals surface area contributed by atoms with Gasteiger partial charge in [0, 0.05) is 12.5 Å². The molecule has 6 aromatic rings. The number of hydrogen-bond acceptors (Lipinski definition) is 2. The first-order valence-electron chi connectivity index (χ1n) is 19.2. The van der Waals surface area contributed by atoms with Crippen molar-refractivity contribution in [2.24, 2.45) is 0 Å². The molecule has 0 fully saturated rings. The molecule has 0 bridgehead atoms. The maximum atomic E-state index is 9.15. The molecule has 0 atom stereocenters. The zero-order valence-electron chi connectivity index (χ0n) is 31.1. The standard InChI is InChI=1S/C24H25Br.C18H23BO2.C6H4BrI/c25-24-18-9-8-17-23(24)22-16-10-15-21(19-22)14-5-2-1-4-11-20-12-6-3-7-13-20;20-19(21)18-14-8-13-17(15-18)12-5-2-1-4-9-16-10-6-3-7-11-16;7-5-3-1-2-4-6(5)8/h3,6-10,12-13,15-19H,1-2,4-5,11,14H2;3,6-8,10-11,13-15,20-21H,1-2,4-5,9,12H2;1-4H. The Morgan fingerprint density at radius 3 is 1.31 bits per heavy atom. The van der Waals surface area contributed by atoms with Crippen LogP contribution in [0.3, 0.4) is 0 Å². The lowest BCUT2D eigenvalue weighted by Crippen LogP contribution is -2.29. The van der Waals surface area contributed by atoms with E-state index in [0.717, 1.165) is 23.7 Å². The van der Waals surface area contributed by atoms with Gasteiger partial charge in [-0.3, -0.25) is 0 Å². The fourth-order valence-electron chi connectivity index (χ4n) is 6.25. The normalized spacial score (nSPS) is 10.5. The average Bonchev–Trinajstić information content (AvgIpc) is 3.20. The maximum absolute atomic E-state index is 9.15. The molecule has 0 aliphatic carbocycles. The summed E-state index contributed by atoms with van der Waals surface area (Å²) in [6.45, 7) is 0. The van der Waals surface area contributed by atoms with E-state index in [1.54, 1.807) is 6.07 Å². The van der Waals surface area contributed by atoms with Crippen molar-refractivity contribution in [1.82, 2.24) is 0 Å². The highest BCUT2D eigenvalue weighted by atomic mass is 127. The van der Waals surface area contributed by atoms with Crippen molar-refractivity contribution < 1.29 is 10.0 Å². The lowest BCUT2D eigenvalue weighted by molar-refractivity contribution is 0.425. The Morgan fingerprint density at radius 2 is 0.833 bits per heavy atom. The van der Waals surface area contributed by atoms with Crippen LogP contribution in [0.5, 0.6) is 0 Å².